The lowest BCUT2D eigenvalue weighted by Gasteiger charge is -2.15. The van der Waals surface area contributed by atoms with E-state index in [-0.39, 0.29) is 12.1 Å². The Balaban J connectivity index is 1.73. The van der Waals surface area contributed by atoms with Gasteiger partial charge in [0, 0.05) is 18.2 Å². The van der Waals surface area contributed by atoms with Gasteiger partial charge in [0.25, 0.3) is 0 Å². The summed E-state index contributed by atoms with van der Waals surface area (Å²) < 4.78 is 10.2. The number of amides is 2. The molecule has 3 rings (SSSR count). The van der Waals surface area contributed by atoms with Crippen LogP contribution in [0.25, 0.3) is 11.5 Å². The van der Waals surface area contributed by atoms with E-state index in [2.05, 4.69) is 31.0 Å². The molecule has 1 atom stereocenters. The fourth-order valence-corrected chi connectivity index (χ4v) is 2.31. The molecule has 0 fully saturated rings. The lowest BCUT2D eigenvalue weighted by atomic mass is 10.1. The van der Waals surface area contributed by atoms with Crippen LogP contribution in [0, 0.1) is 13.8 Å². The number of nitrogens with one attached hydrogen (secondary N) is 2. The first-order chi connectivity index (χ1) is 12.1. The van der Waals surface area contributed by atoms with Gasteiger partial charge >= 0.3 is 6.03 Å². The zero-order valence-electron chi connectivity index (χ0n) is 14.1. The number of rotatable bonds is 5. The molecule has 0 aliphatic carbocycles. The lowest BCUT2D eigenvalue weighted by molar-refractivity contribution is 0.247. The smallest absolute Gasteiger partial charge is 0.319 e. The second-order valence-electron chi connectivity index (χ2n) is 5.50. The predicted molar refractivity (Wildman–Crippen MR) is 88.7 cm³/mol. The van der Waals surface area contributed by atoms with Gasteiger partial charge in [0.2, 0.25) is 18.2 Å². The van der Waals surface area contributed by atoms with Gasteiger partial charge < -0.3 is 19.6 Å². The van der Waals surface area contributed by atoms with E-state index in [0.717, 1.165) is 11.1 Å². The Kier molecular flexibility index (Phi) is 4.73. The van der Waals surface area contributed by atoms with E-state index in [4.69, 9.17) is 8.94 Å². The first kappa shape index (κ1) is 16.6. The fraction of sp³-hybridized carbons (Fsp3) is 0.312. The first-order valence-corrected chi connectivity index (χ1v) is 7.81. The van der Waals surface area contributed by atoms with Crippen LogP contribution >= 0.6 is 0 Å². The number of hydrogen-bond acceptors (Lipinski definition) is 7. The molecule has 130 valence electrons. The minimum absolute atomic E-state index is 0.336. The van der Waals surface area contributed by atoms with Crippen LogP contribution in [-0.4, -0.2) is 26.4 Å². The van der Waals surface area contributed by atoms with Crippen LogP contribution in [0.2, 0.25) is 0 Å². The second kappa shape index (κ2) is 7.12. The van der Waals surface area contributed by atoms with Crippen LogP contribution < -0.4 is 10.6 Å². The summed E-state index contributed by atoms with van der Waals surface area (Å²) in [4.78, 5) is 16.5. The van der Waals surface area contributed by atoms with Gasteiger partial charge in [-0.15, -0.1) is 10.2 Å². The highest BCUT2D eigenvalue weighted by atomic mass is 16.5. The Morgan fingerprint density at radius 1 is 1.32 bits per heavy atom. The zero-order valence-corrected chi connectivity index (χ0v) is 14.1. The average molecular weight is 342 g/mol. The molecule has 9 nitrogen and oxygen atoms in total. The number of anilines is 1. The van der Waals surface area contributed by atoms with Crippen molar-refractivity contribution in [1.82, 2.24) is 25.7 Å². The Labute approximate surface area is 143 Å². The van der Waals surface area contributed by atoms with Crippen LogP contribution in [0.4, 0.5) is 10.5 Å². The van der Waals surface area contributed by atoms with Crippen molar-refractivity contribution in [3.63, 3.8) is 0 Å². The molecule has 2 aromatic heterocycles. The molecule has 2 N–H and O–H groups in total. The molecule has 0 radical (unpaired) electrons. The van der Waals surface area contributed by atoms with Crippen molar-refractivity contribution in [3.8, 4) is 11.5 Å². The molecule has 2 heterocycles. The van der Waals surface area contributed by atoms with Gasteiger partial charge in [-0.1, -0.05) is 18.1 Å². The number of aryl methyl sites for hydroxylation is 2. The summed E-state index contributed by atoms with van der Waals surface area (Å²) in [5.41, 5.74) is 2.27. The number of carbonyl (C=O) groups is 1. The molecular formula is C16H18N6O3. The molecular weight excluding hydrogens is 324 g/mol. The number of carbonyl (C=O) groups excluding carboxylic acids is 1. The second-order valence-corrected chi connectivity index (χ2v) is 5.50. The topological polar surface area (TPSA) is 119 Å². The summed E-state index contributed by atoms with van der Waals surface area (Å²) in [6.07, 6.45) is 1.89. The van der Waals surface area contributed by atoms with Crippen molar-refractivity contribution in [2.45, 2.75) is 33.2 Å². The van der Waals surface area contributed by atoms with Crippen molar-refractivity contribution in [2.75, 3.05) is 5.32 Å². The Morgan fingerprint density at radius 2 is 2.16 bits per heavy atom. The standard InChI is InChI=1S/C16H18N6O3/c1-4-12(14-18-10(3)25-22-14)19-16(23)20-13-7-11(6-5-9(13)2)15-21-17-8-24-15/h5-8,12H,4H2,1-3H3,(H2,19,20,23)/t12-/m0/s1. The summed E-state index contributed by atoms with van der Waals surface area (Å²) in [5.74, 6) is 1.29. The molecule has 0 spiro atoms. The highest BCUT2D eigenvalue weighted by Crippen LogP contribution is 2.24. The number of benzene rings is 1. The summed E-state index contributed by atoms with van der Waals surface area (Å²) in [6, 6.07) is 4.80. The van der Waals surface area contributed by atoms with Gasteiger partial charge in [0.1, 0.15) is 0 Å². The maximum absolute atomic E-state index is 12.4. The number of nitrogens with zero attached hydrogens (tertiary/aromatic N) is 4. The molecule has 1 aromatic carbocycles. The van der Waals surface area contributed by atoms with E-state index in [9.17, 15) is 4.79 Å². The molecule has 9 heteroatoms. The van der Waals surface area contributed by atoms with Crippen LogP contribution in [0.5, 0.6) is 0 Å². The van der Waals surface area contributed by atoms with Gasteiger partial charge in [0.15, 0.2) is 5.82 Å². The van der Waals surface area contributed by atoms with Crippen molar-refractivity contribution >= 4 is 11.7 Å². The fourth-order valence-electron chi connectivity index (χ4n) is 2.31. The molecule has 0 unspecified atom stereocenters. The van der Waals surface area contributed by atoms with Gasteiger partial charge in [-0.2, -0.15) is 4.98 Å². The van der Waals surface area contributed by atoms with Crippen LogP contribution in [0.1, 0.15) is 36.7 Å². The van der Waals surface area contributed by atoms with Gasteiger partial charge in [-0.25, -0.2) is 4.79 Å². The first-order valence-electron chi connectivity index (χ1n) is 7.81. The normalized spacial score (nSPS) is 12.0. The number of aromatic nitrogens is 4. The Bertz CT molecular complexity index is 859. The monoisotopic (exact) mass is 342 g/mol. The largest absolute Gasteiger partial charge is 0.423 e. The molecule has 0 bridgehead atoms. The van der Waals surface area contributed by atoms with Gasteiger partial charge in [0.05, 0.1) is 6.04 Å². The summed E-state index contributed by atoms with van der Waals surface area (Å²) >= 11 is 0. The van der Waals surface area contributed by atoms with E-state index < -0.39 is 0 Å². The summed E-state index contributed by atoms with van der Waals surface area (Å²) in [6.45, 7) is 5.53. The predicted octanol–water partition coefficient (Wildman–Crippen LogP) is 3.01. The molecule has 0 saturated heterocycles. The lowest BCUT2D eigenvalue weighted by Crippen LogP contribution is -2.33. The summed E-state index contributed by atoms with van der Waals surface area (Å²) in [5, 5.41) is 17.1. The van der Waals surface area contributed by atoms with Crippen LogP contribution in [0.15, 0.2) is 33.5 Å². The van der Waals surface area contributed by atoms with Gasteiger partial charge in [-0.05, 0) is 31.0 Å². The maximum Gasteiger partial charge on any atom is 0.319 e. The third-order valence-corrected chi connectivity index (χ3v) is 3.66. The quantitative estimate of drug-likeness (QED) is 0.731. The van der Waals surface area contributed by atoms with Crippen molar-refractivity contribution in [1.29, 1.82) is 0 Å². The average Bonchev–Trinajstić information content (AvgIpc) is 3.26. The third kappa shape index (κ3) is 3.82. The van der Waals surface area contributed by atoms with E-state index >= 15 is 0 Å². The SMILES string of the molecule is CC[C@H](NC(=O)Nc1cc(-c2nnco2)ccc1C)c1noc(C)n1. The zero-order chi connectivity index (χ0) is 17.8. The minimum atomic E-state index is -0.361. The molecule has 0 saturated carbocycles. The van der Waals surface area contributed by atoms with Crippen molar-refractivity contribution < 1.29 is 13.7 Å². The number of hydrogen-bond donors (Lipinski definition) is 2. The summed E-state index contributed by atoms with van der Waals surface area (Å²) in [7, 11) is 0. The van der Waals surface area contributed by atoms with E-state index in [0.29, 0.717) is 29.7 Å². The Morgan fingerprint density at radius 3 is 2.80 bits per heavy atom. The Hall–Kier alpha value is -3.23. The van der Waals surface area contributed by atoms with Crippen LogP contribution in [-0.2, 0) is 0 Å². The third-order valence-electron chi connectivity index (χ3n) is 3.66. The van der Waals surface area contributed by atoms with E-state index in [1.165, 1.54) is 6.39 Å². The molecule has 25 heavy (non-hydrogen) atoms. The highest BCUT2D eigenvalue weighted by molar-refractivity contribution is 5.91. The molecule has 0 aliphatic heterocycles. The highest BCUT2D eigenvalue weighted by Gasteiger charge is 2.18. The van der Waals surface area contributed by atoms with Crippen molar-refractivity contribution in [3.05, 3.63) is 41.9 Å². The van der Waals surface area contributed by atoms with E-state index in [1.807, 2.05) is 26.0 Å². The molecule has 3 aromatic rings. The maximum atomic E-state index is 12.4. The minimum Gasteiger partial charge on any atom is -0.423 e. The molecule has 0 aliphatic rings. The van der Waals surface area contributed by atoms with Gasteiger partial charge in [-0.3, -0.25) is 0 Å². The molecule has 2 amide bonds. The van der Waals surface area contributed by atoms with E-state index in [1.54, 1.807) is 13.0 Å². The number of urea groups is 1. The van der Waals surface area contributed by atoms with Crippen molar-refractivity contribution in [2.24, 2.45) is 0 Å². The van der Waals surface area contributed by atoms with Crippen LogP contribution in [0.3, 0.4) is 0 Å².